The fourth-order valence-corrected chi connectivity index (χ4v) is 1.43. The maximum absolute atomic E-state index is 4.99. The number of benzene rings is 1. The molecule has 0 saturated carbocycles. The van der Waals surface area contributed by atoms with Crippen LogP contribution in [0.1, 0.15) is 0 Å². The van der Waals surface area contributed by atoms with Gasteiger partial charge < -0.3 is 4.74 Å². The largest absolute Gasteiger partial charge is 0.497 e. The lowest BCUT2D eigenvalue weighted by Gasteiger charge is -1.98. The highest BCUT2D eigenvalue weighted by molar-refractivity contribution is 8.40. The Morgan fingerprint density at radius 3 is 2.30 bits per heavy atom. The predicted octanol–water partition coefficient (Wildman–Crippen LogP) is 1.84. The molecular weight excluding hydrogens is 163 g/mol. The maximum atomic E-state index is 4.99. The molecule has 1 unspecified atom stereocenters. The second kappa shape index (κ2) is 3.85. The van der Waals surface area contributed by atoms with Crippen molar-refractivity contribution in [1.82, 2.24) is 0 Å². The number of thiol groups is 1. The molecule has 0 saturated heterocycles. The van der Waals surface area contributed by atoms with Crippen molar-refractivity contribution in [2.45, 2.75) is 0 Å². The van der Waals surface area contributed by atoms with Gasteiger partial charge in [0, 0.05) is 0 Å². The molecule has 0 heterocycles. The summed E-state index contributed by atoms with van der Waals surface area (Å²) in [4.78, 5) is 0. The average Bonchev–Trinajstić information content (AvgIpc) is 2.05. The van der Waals surface area contributed by atoms with Crippen LogP contribution in [0.4, 0.5) is 0 Å². The van der Waals surface area contributed by atoms with E-state index in [9.17, 15) is 0 Å². The molecule has 0 bridgehead atoms. The van der Waals surface area contributed by atoms with Crippen molar-refractivity contribution in [2.24, 2.45) is 0 Å². The Balaban J connectivity index is 2.80. The third-order valence-corrected chi connectivity index (χ3v) is 2.59. The van der Waals surface area contributed by atoms with E-state index in [0.29, 0.717) is 7.78 Å². The van der Waals surface area contributed by atoms with Crippen molar-refractivity contribution < 1.29 is 4.74 Å². The Hall–Kier alpha value is -0.200. The van der Waals surface area contributed by atoms with Gasteiger partial charge in [0.15, 0.2) is 0 Å². The predicted molar refractivity (Wildman–Crippen MR) is 49.9 cm³/mol. The quantitative estimate of drug-likeness (QED) is 0.529. The van der Waals surface area contributed by atoms with E-state index in [0.717, 1.165) is 5.75 Å². The smallest absolute Gasteiger partial charge is 0.118 e. The molecule has 0 N–H and O–H groups in total. The van der Waals surface area contributed by atoms with Gasteiger partial charge in [0.05, 0.1) is 7.11 Å². The van der Waals surface area contributed by atoms with E-state index in [1.807, 2.05) is 24.3 Å². The first-order valence-corrected chi connectivity index (χ1v) is 5.20. The first-order valence-electron chi connectivity index (χ1n) is 2.91. The molecule has 0 amide bonds. The van der Waals surface area contributed by atoms with E-state index in [4.69, 9.17) is 4.74 Å². The molecule has 0 spiro atoms. The summed E-state index contributed by atoms with van der Waals surface area (Å²) < 4.78 is 4.99. The SMILES string of the molecule is COc1ccc(PS)cc1. The molecule has 0 radical (unpaired) electrons. The second-order valence-corrected chi connectivity index (χ2v) is 3.31. The van der Waals surface area contributed by atoms with Gasteiger partial charge in [0.2, 0.25) is 0 Å². The van der Waals surface area contributed by atoms with Crippen LogP contribution < -0.4 is 10.0 Å². The van der Waals surface area contributed by atoms with Crippen LogP contribution in [0.15, 0.2) is 24.3 Å². The topological polar surface area (TPSA) is 9.23 Å². The van der Waals surface area contributed by atoms with Crippen LogP contribution in [-0.4, -0.2) is 7.11 Å². The van der Waals surface area contributed by atoms with E-state index in [2.05, 4.69) is 12.2 Å². The molecule has 0 aromatic heterocycles. The standard InChI is InChI=1S/C7H9OPS/c1-8-6-2-4-7(9-10)5-3-6/h2-5,9-10H,1H3. The zero-order valence-electron chi connectivity index (χ0n) is 5.66. The van der Waals surface area contributed by atoms with Gasteiger partial charge in [0.1, 0.15) is 5.75 Å². The molecule has 0 aliphatic carbocycles. The van der Waals surface area contributed by atoms with Crippen LogP contribution in [0.25, 0.3) is 0 Å². The molecule has 0 aliphatic heterocycles. The average molecular weight is 172 g/mol. The highest BCUT2D eigenvalue weighted by atomic mass is 32.7. The summed E-state index contributed by atoms with van der Waals surface area (Å²) in [7, 11) is 2.23. The fraction of sp³-hybridized carbons (Fsp3) is 0.143. The van der Waals surface area contributed by atoms with Crippen LogP contribution in [0.3, 0.4) is 0 Å². The van der Waals surface area contributed by atoms with Gasteiger partial charge >= 0.3 is 0 Å². The zero-order chi connectivity index (χ0) is 7.40. The summed E-state index contributed by atoms with van der Waals surface area (Å²) in [5.41, 5.74) is 0. The third kappa shape index (κ3) is 1.89. The zero-order valence-corrected chi connectivity index (χ0v) is 7.56. The van der Waals surface area contributed by atoms with Crippen LogP contribution in [0.2, 0.25) is 0 Å². The Labute approximate surface area is 67.7 Å². The maximum Gasteiger partial charge on any atom is 0.118 e. The van der Waals surface area contributed by atoms with E-state index in [1.54, 1.807) is 7.11 Å². The number of hydrogen-bond acceptors (Lipinski definition) is 2. The highest BCUT2D eigenvalue weighted by Gasteiger charge is 1.89. The van der Waals surface area contributed by atoms with Crippen LogP contribution in [0.5, 0.6) is 5.75 Å². The fourth-order valence-electron chi connectivity index (χ4n) is 0.666. The summed E-state index contributed by atoms with van der Waals surface area (Å²) in [5, 5.41) is 1.24. The minimum absolute atomic E-state index is 0.567. The van der Waals surface area contributed by atoms with E-state index < -0.39 is 0 Å². The number of ether oxygens (including phenoxy) is 1. The van der Waals surface area contributed by atoms with Gasteiger partial charge in [-0.25, -0.2) is 0 Å². The Morgan fingerprint density at radius 1 is 1.30 bits per heavy atom. The van der Waals surface area contributed by atoms with Gasteiger partial charge in [-0.15, -0.1) is 12.2 Å². The summed E-state index contributed by atoms with van der Waals surface area (Å²) in [5.74, 6) is 0.898. The van der Waals surface area contributed by atoms with Crippen LogP contribution in [0, 0.1) is 0 Å². The normalized spacial score (nSPS) is 10.6. The van der Waals surface area contributed by atoms with Gasteiger partial charge in [-0.2, -0.15) is 0 Å². The summed E-state index contributed by atoms with van der Waals surface area (Å²) in [6.07, 6.45) is 0. The van der Waals surface area contributed by atoms with Crippen molar-refractivity contribution in [3.63, 3.8) is 0 Å². The van der Waals surface area contributed by atoms with E-state index >= 15 is 0 Å². The summed E-state index contributed by atoms with van der Waals surface area (Å²) in [6.45, 7) is 0. The Morgan fingerprint density at radius 2 is 1.90 bits per heavy atom. The highest BCUT2D eigenvalue weighted by Crippen LogP contribution is 2.16. The first-order chi connectivity index (χ1) is 4.86. The Kier molecular flexibility index (Phi) is 3.04. The van der Waals surface area contributed by atoms with Crippen LogP contribution in [-0.2, 0) is 0 Å². The number of rotatable bonds is 2. The third-order valence-electron chi connectivity index (χ3n) is 1.22. The molecule has 0 aliphatic rings. The van der Waals surface area contributed by atoms with Crippen molar-refractivity contribution >= 4 is 25.3 Å². The Bertz CT molecular complexity index is 174. The number of hydrogen-bond donors (Lipinski definition) is 1. The van der Waals surface area contributed by atoms with Gasteiger partial charge in [-0.3, -0.25) is 0 Å². The summed E-state index contributed by atoms with van der Waals surface area (Å²) >= 11 is 4.16. The monoisotopic (exact) mass is 172 g/mol. The van der Waals surface area contributed by atoms with Crippen molar-refractivity contribution in [1.29, 1.82) is 0 Å². The lowest BCUT2D eigenvalue weighted by Crippen LogP contribution is -1.90. The molecule has 10 heavy (non-hydrogen) atoms. The molecule has 1 nitrogen and oxygen atoms in total. The van der Waals surface area contributed by atoms with Crippen molar-refractivity contribution in [2.75, 3.05) is 7.11 Å². The minimum Gasteiger partial charge on any atom is -0.497 e. The molecule has 0 fully saturated rings. The molecule has 1 rings (SSSR count). The van der Waals surface area contributed by atoms with Crippen molar-refractivity contribution in [3.05, 3.63) is 24.3 Å². The second-order valence-electron chi connectivity index (χ2n) is 1.84. The molecule has 1 aromatic carbocycles. The van der Waals surface area contributed by atoms with E-state index in [1.165, 1.54) is 5.30 Å². The summed E-state index contributed by atoms with van der Waals surface area (Å²) in [6, 6.07) is 7.92. The van der Waals surface area contributed by atoms with Gasteiger partial charge in [-0.1, -0.05) is 12.1 Å². The van der Waals surface area contributed by atoms with Crippen LogP contribution >= 0.6 is 20.0 Å². The van der Waals surface area contributed by atoms with Gasteiger partial charge in [0.25, 0.3) is 0 Å². The number of methoxy groups -OCH3 is 1. The molecule has 54 valence electrons. The molecule has 1 atom stereocenters. The first kappa shape index (κ1) is 7.90. The van der Waals surface area contributed by atoms with E-state index in [-0.39, 0.29) is 0 Å². The molecular formula is C7H9OPS. The van der Waals surface area contributed by atoms with Gasteiger partial charge in [-0.05, 0) is 25.2 Å². The lowest BCUT2D eigenvalue weighted by molar-refractivity contribution is 0.415. The van der Waals surface area contributed by atoms with Crippen molar-refractivity contribution in [3.8, 4) is 5.75 Å². The minimum atomic E-state index is 0.567. The molecule has 3 heteroatoms. The lowest BCUT2D eigenvalue weighted by atomic mass is 10.3. The molecule has 1 aromatic rings.